The van der Waals surface area contributed by atoms with Crippen molar-refractivity contribution in [1.82, 2.24) is 30.5 Å². The highest BCUT2D eigenvalue weighted by molar-refractivity contribution is 7.89. The second-order valence-corrected chi connectivity index (χ2v) is 9.70. The molecule has 2 N–H and O–H groups in total. The van der Waals surface area contributed by atoms with Crippen molar-refractivity contribution >= 4 is 27.5 Å². The molecule has 0 saturated heterocycles. The Balaban J connectivity index is 1.60. The number of rotatable bonds is 6. The van der Waals surface area contributed by atoms with Crippen LogP contribution >= 0.6 is 11.6 Å². The molecule has 30 heavy (non-hydrogen) atoms. The topological polar surface area (TPSA) is 119 Å². The predicted molar refractivity (Wildman–Crippen MR) is 112 cm³/mol. The number of carbonyl (C=O) groups excluding carboxylic acids is 1. The summed E-state index contributed by atoms with van der Waals surface area (Å²) in [5.74, 6) is -0.287. The first-order valence-corrected chi connectivity index (χ1v) is 10.9. The number of benzene rings is 2. The van der Waals surface area contributed by atoms with Crippen molar-refractivity contribution in [3.63, 3.8) is 0 Å². The molecule has 0 fully saturated rings. The van der Waals surface area contributed by atoms with Gasteiger partial charge in [-0.15, -0.1) is 15.0 Å². The fourth-order valence-corrected chi connectivity index (χ4v) is 3.50. The molecule has 0 atom stereocenters. The summed E-state index contributed by atoms with van der Waals surface area (Å²) >= 11 is 5.75. The molecule has 0 unspecified atom stereocenters. The summed E-state index contributed by atoms with van der Waals surface area (Å²) in [6.07, 6.45) is 0. The van der Waals surface area contributed by atoms with Crippen molar-refractivity contribution < 1.29 is 13.2 Å². The van der Waals surface area contributed by atoms with Gasteiger partial charge in [0, 0.05) is 10.6 Å². The van der Waals surface area contributed by atoms with E-state index in [0.717, 1.165) is 10.4 Å². The van der Waals surface area contributed by atoms with Crippen LogP contribution in [0, 0.1) is 0 Å². The Kier molecular flexibility index (Phi) is 6.20. The Morgan fingerprint density at radius 1 is 1.07 bits per heavy atom. The second kappa shape index (κ2) is 8.50. The van der Waals surface area contributed by atoms with Crippen molar-refractivity contribution in [2.75, 3.05) is 0 Å². The molecule has 0 bridgehead atoms. The van der Waals surface area contributed by atoms with Crippen LogP contribution in [0.1, 0.15) is 26.3 Å². The quantitative estimate of drug-likeness (QED) is 0.558. The summed E-state index contributed by atoms with van der Waals surface area (Å²) in [4.78, 5) is 15.1. The monoisotopic (exact) mass is 448 g/mol. The average molecular weight is 449 g/mol. The number of aromatic nitrogens is 4. The third-order valence-electron chi connectivity index (χ3n) is 4.20. The number of amides is 1. The number of tetrazole rings is 1. The Morgan fingerprint density at radius 3 is 2.30 bits per heavy atom. The van der Waals surface area contributed by atoms with Gasteiger partial charge in [-0.1, -0.05) is 56.6 Å². The highest BCUT2D eigenvalue weighted by Gasteiger charge is 2.17. The zero-order valence-corrected chi connectivity index (χ0v) is 18.2. The van der Waals surface area contributed by atoms with Gasteiger partial charge in [0.15, 0.2) is 0 Å². The van der Waals surface area contributed by atoms with Crippen LogP contribution < -0.4 is 10.3 Å². The summed E-state index contributed by atoms with van der Waals surface area (Å²) in [6, 6.07) is 13.3. The zero-order valence-electron chi connectivity index (χ0n) is 16.6. The van der Waals surface area contributed by atoms with E-state index < -0.39 is 15.9 Å². The van der Waals surface area contributed by atoms with Gasteiger partial charge < -0.3 is 0 Å². The highest BCUT2D eigenvalue weighted by Crippen LogP contribution is 2.24. The lowest BCUT2D eigenvalue weighted by molar-refractivity contribution is -0.122. The molecular formula is C19H21ClN6O3S. The Hall–Kier alpha value is -2.82. The van der Waals surface area contributed by atoms with Gasteiger partial charge >= 0.3 is 0 Å². The minimum absolute atomic E-state index is 0.0288. The summed E-state index contributed by atoms with van der Waals surface area (Å²) in [5, 5.41) is 12.4. The van der Waals surface area contributed by atoms with Crippen LogP contribution in [-0.2, 0) is 26.8 Å². The molecule has 0 radical (unpaired) electrons. The van der Waals surface area contributed by atoms with E-state index >= 15 is 0 Å². The predicted octanol–water partition coefficient (Wildman–Crippen LogP) is 2.30. The molecule has 1 heterocycles. The second-order valence-electron chi connectivity index (χ2n) is 7.58. The van der Waals surface area contributed by atoms with Crippen molar-refractivity contribution in [2.45, 2.75) is 37.6 Å². The molecule has 9 nitrogen and oxygen atoms in total. The highest BCUT2D eigenvalue weighted by atomic mass is 35.5. The van der Waals surface area contributed by atoms with Crippen LogP contribution in [0.3, 0.4) is 0 Å². The number of hydrazine groups is 1. The van der Waals surface area contributed by atoms with Crippen LogP contribution in [0.5, 0.6) is 0 Å². The maximum Gasteiger partial charge on any atom is 0.258 e. The van der Waals surface area contributed by atoms with E-state index in [9.17, 15) is 13.2 Å². The molecule has 2 aromatic carbocycles. The Morgan fingerprint density at radius 2 is 1.70 bits per heavy atom. The zero-order chi connectivity index (χ0) is 21.9. The summed E-state index contributed by atoms with van der Waals surface area (Å²) in [5.41, 5.74) is 4.08. The SMILES string of the molecule is CC(C)(C)c1ccc(-c2nnn(CC(=O)NNS(=O)(=O)c3ccc(Cl)cc3)n2)cc1. The van der Waals surface area contributed by atoms with Crippen molar-refractivity contribution in [3.8, 4) is 11.4 Å². The molecule has 3 rings (SSSR count). The molecular weight excluding hydrogens is 428 g/mol. The van der Waals surface area contributed by atoms with E-state index in [4.69, 9.17) is 11.6 Å². The van der Waals surface area contributed by atoms with Crippen molar-refractivity contribution in [3.05, 3.63) is 59.1 Å². The first kappa shape index (κ1) is 21.9. The molecule has 1 amide bonds. The maximum absolute atomic E-state index is 12.2. The normalized spacial score (nSPS) is 12.0. The molecule has 0 spiro atoms. The first-order chi connectivity index (χ1) is 14.0. The number of hydrogen-bond acceptors (Lipinski definition) is 6. The molecule has 3 aromatic rings. The molecule has 0 aliphatic rings. The summed E-state index contributed by atoms with van der Waals surface area (Å²) in [6.45, 7) is 6.05. The van der Waals surface area contributed by atoms with Gasteiger partial charge in [-0.05, 0) is 40.5 Å². The average Bonchev–Trinajstić information content (AvgIpc) is 3.15. The third kappa shape index (κ3) is 5.41. The van der Waals surface area contributed by atoms with Gasteiger partial charge in [0.2, 0.25) is 5.82 Å². The number of nitrogens with one attached hydrogen (secondary N) is 2. The molecule has 11 heteroatoms. The minimum atomic E-state index is -3.92. The van der Waals surface area contributed by atoms with Crippen LogP contribution in [0.4, 0.5) is 0 Å². The lowest BCUT2D eigenvalue weighted by Crippen LogP contribution is -2.43. The molecule has 0 saturated carbocycles. The van der Waals surface area contributed by atoms with Crippen molar-refractivity contribution in [1.29, 1.82) is 0 Å². The smallest absolute Gasteiger partial charge is 0.258 e. The van der Waals surface area contributed by atoms with Crippen molar-refractivity contribution in [2.24, 2.45) is 0 Å². The van der Waals surface area contributed by atoms with Crippen LogP contribution in [-0.4, -0.2) is 34.5 Å². The lowest BCUT2D eigenvalue weighted by atomic mass is 9.87. The summed E-state index contributed by atoms with van der Waals surface area (Å²) in [7, 11) is -3.92. The van der Waals surface area contributed by atoms with E-state index in [1.54, 1.807) is 0 Å². The van der Waals surface area contributed by atoms with Gasteiger partial charge in [-0.25, -0.2) is 8.42 Å². The van der Waals surface area contributed by atoms with E-state index in [0.29, 0.717) is 10.8 Å². The Bertz CT molecular complexity index is 1140. The molecule has 0 aliphatic carbocycles. The molecule has 0 aliphatic heterocycles. The number of carbonyl (C=O) groups is 1. The number of nitrogens with zero attached hydrogens (tertiary/aromatic N) is 4. The minimum Gasteiger partial charge on any atom is -0.276 e. The number of hydrogen-bond donors (Lipinski definition) is 2. The third-order valence-corrected chi connectivity index (χ3v) is 5.71. The van der Waals surface area contributed by atoms with Gasteiger partial charge in [-0.2, -0.15) is 4.80 Å². The fourth-order valence-electron chi connectivity index (χ4n) is 2.51. The molecule has 158 valence electrons. The van der Waals surface area contributed by atoms with Crippen LogP contribution in [0.15, 0.2) is 53.4 Å². The number of sulfonamides is 1. The van der Waals surface area contributed by atoms with Gasteiger partial charge in [0.1, 0.15) is 6.54 Å². The van der Waals surface area contributed by atoms with Crippen LogP contribution in [0.2, 0.25) is 5.02 Å². The Labute approximate surface area is 179 Å². The maximum atomic E-state index is 12.2. The van der Waals surface area contributed by atoms with Gasteiger partial charge in [0.05, 0.1) is 4.90 Å². The lowest BCUT2D eigenvalue weighted by Gasteiger charge is -2.18. The van der Waals surface area contributed by atoms with Gasteiger partial charge in [0.25, 0.3) is 15.9 Å². The van der Waals surface area contributed by atoms with E-state index in [2.05, 4.69) is 41.6 Å². The van der Waals surface area contributed by atoms with E-state index in [-0.39, 0.29) is 16.9 Å². The van der Waals surface area contributed by atoms with Crippen LogP contribution in [0.25, 0.3) is 11.4 Å². The standard InChI is InChI=1S/C19H21ClN6O3S/c1-19(2,3)14-6-4-13(5-7-14)18-22-24-26(23-18)12-17(27)21-25-30(28,29)16-10-8-15(20)9-11-16/h4-11,25H,12H2,1-3H3,(H,21,27). The first-order valence-electron chi connectivity index (χ1n) is 8.99. The van der Waals surface area contributed by atoms with Gasteiger partial charge in [-0.3, -0.25) is 10.2 Å². The number of halogens is 1. The fraction of sp³-hybridized carbons (Fsp3) is 0.263. The van der Waals surface area contributed by atoms with E-state index in [1.165, 1.54) is 29.8 Å². The summed E-state index contributed by atoms with van der Waals surface area (Å²) < 4.78 is 24.3. The largest absolute Gasteiger partial charge is 0.276 e. The van der Waals surface area contributed by atoms with E-state index in [1.807, 2.05) is 29.1 Å². The molecule has 1 aromatic heterocycles.